The molecule has 1 N–H and O–H groups in total. The molecule has 1 aliphatic heterocycles. The van der Waals surface area contributed by atoms with E-state index in [1.54, 1.807) is 46.1 Å². The molecule has 0 aliphatic carbocycles. The lowest BCUT2D eigenvalue weighted by molar-refractivity contribution is 0.0635. The van der Waals surface area contributed by atoms with Crippen LogP contribution in [0.15, 0.2) is 59.1 Å². The number of rotatable bonds is 7. The minimum atomic E-state index is -0.670. The van der Waals surface area contributed by atoms with Gasteiger partial charge in [0.2, 0.25) is 5.78 Å². The molecule has 1 aromatic carbocycles. The summed E-state index contributed by atoms with van der Waals surface area (Å²) in [7, 11) is 3.53. The van der Waals surface area contributed by atoms with Crippen molar-refractivity contribution in [3.05, 3.63) is 66.0 Å². The molecule has 0 saturated heterocycles. The Bertz CT molecular complexity index is 1050. The summed E-state index contributed by atoms with van der Waals surface area (Å²) >= 11 is 0. The Labute approximate surface area is 194 Å². The molecule has 176 valence electrons. The molecule has 2 atom stereocenters. The second-order valence-corrected chi connectivity index (χ2v) is 8.96. The molecule has 2 heterocycles. The summed E-state index contributed by atoms with van der Waals surface area (Å²) in [5, 5.41) is 2.79. The number of ether oxygens (including phenoxy) is 2. The van der Waals surface area contributed by atoms with Crippen LogP contribution in [0.1, 0.15) is 56.2 Å². The quantitative estimate of drug-likeness (QED) is 0.579. The van der Waals surface area contributed by atoms with Crippen LogP contribution in [-0.4, -0.2) is 47.6 Å². The van der Waals surface area contributed by atoms with Gasteiger partial charge in [-0.1, -0.05) is 18.2 Å². The van der Waals surface area contributed by atoms with Crippen LogP contribution in [0.25, 0.3) is 0 Å². The molecule has 8 heteroatoms. The lowest BCUT2D eigenvalue weighted by atomic mass is 9.87. The van der Waals surface area contributed by atoms with Gasteiger partial charge in [0, 0.05) is 31.3 Å². The predicted octanol–water partition coefficient (Wildman–Crippen LogP) is 5.16. The monoisotopic (exact) mass is 453 g/mol. The van der Waals surface area contributed by atoms with Crippen molar-refractivity contribution in [3.63, 3.8) is 0 Å². The number of nitrogens with one attached hydrogen (secondary N) is 1. The predicted molar refractivity (Wildman–Crippen MR) is 125 cm³/mol. The molecule has 0 radical (unpaired) electrons. The van der Waals surface area contributed by atoms with Crippen LogP contribution in [0.4, 0.5) is 10.5 Å². The maximum Gasteiger partial charge on any atom is 0.412 e. The van der Waals surface area contributed by atoms with Crippen molar-refractivity contribution in [2.45, 2.75) is 51.7 Å². The van der Waals surface area contributed by atoms with E-state index >= 15 is 0 Å². The smallest absolute Gasteiger partial charge is 0.412 e. The number of allylic oxidation sites excluding steroid dienone is 3. The van der Waals surface area contributed by atoms with Crippen molar-refractivity contribution in [3.8, 4) is 5.75 Å². The molecule has 1 aliphatic rings. The van der Waals surface area contributed by atoms with Gasteiger partial charge in [-0.3, -0.25) is 10.1 Å². The molecular weight excluding hydrogens is 422 g/mol. The highest BCUT2D eigenvalue weighted by atomic mass is 16.6. The summed E-state index contributed by atoms with van der Waals surface area (Å²) in [4.78, 5) is 32.1. The number of carbonyl (C=O) groups is 2. The Balaban J connectivity index is 2.03. The third kappa shape index (κ3) is 6.03. The molecule has 1 amide bonds. The van der Waals surface area contributed by atoms with Gasteiger partial charge in [-0.15, -0.1) is 0 Å². The minimum absolute atomic E-state index is 0.154. The normalized spacial score (nSPS) is 16.7. The average molecular weight is 454 g/mol. The number of methoxy groups -OCH3 is 1. The first-order valence-corrected chi connectivity index (χ1v) is 10.8. The van der Waals surface area contributed by atoms with Gasteiger partial charge >= 0.3 is 6.09 Å². The highest BCUT2D eigenvalue weighted by Crippen LogP contribution is 2.36. The van der Waals surface area contributed by atoms with Crippen LogP contribution in [0.2, 0.25) is 0 Å². The van der Waals surface area contributed by atoms with Gasteiger partial charge in [-0.05, 0) is 45.4 Å². The fraction of sp³-hybridized carbons (Fsp3) is 0.400. The highest BCUT2D eigenvalue weighted by molar-refractivity contribution is 6.00. The van der Waals surface area contributed by atoms with Crippen LogP contribution < -0.4 is 10.1 Å². The van der Waals surface area contributed by atoms with Crippen LogP contribution in [0.3, 0.4) is 0 Å². The Hall–Kier alpha value is -3.55. The number of aromatic nitrogens is 1. The standard InChI is InChI=1S/C25H31N3O5/c1-16-8-7-9-17(28(16)5)12-20(23(29)22-14-26-15-32-22)19-11-10-18(31-6)13-21(19)27-24(30)33-25(2,3)4/h7-11,13-16,20H,12H2,1-6H3,(H,27,30). The van der Waals surface area contributed by atoms with Crippen molar-refractivity contribution in [2.24, 2.45) is 0 Å². The molecule has 0 bridgehead atoms. The zero-order valence-corrected chi connectivity index (χ0v) is 19.9. The lowest BCUT2D eigenvalue weighted by Crippen LogP contribution is -2.31. The third-order valence-electron chi connectivity index (χ3n) is 5.42. The van der Waals surface area contributed by atoms with E-state index in [4.69, 9.17) is 13.9 Å². The van der Waals surface area contributed by atoms with Crippen molar-refractivity contribution >= 4 is 17.6 Å². The lowest BCUT2D eigenvalue weighted by Gasteiger charge is -2.32. The number of likely N-dealkylation sites (N-methyl/N-ethyl adjacent to an activating group) is 1. The highest BCUT2D eigenvalue weighted by Gasteiger charge is 2.31. The summed E-state index contributed by atoms with van der Waals surface area (Å²) in [6, 6.07) is 5.42. The van der Waals surface area contributed by atoms with Crippen molar-refractivity contribution in [2.75, 3.05) is 19.5 Å². The van der Waals surface area contributed by atoms with Crippen molar-refractivity contribution in [1.82, 2.24) is 9.88 Å². The molecule has 0 saturated carbocycles. The van der Waals surface area contributed by atoms with E-state index < -0.39 is 17.6 Å². The Morgan fingerprint density at radius 2 is 2.06 bits per heavy atom. The van der Waals surface area contributed by atoms with Crippen LogP contribution >= 0.6 is 0 Å². The van der Waals surface area contributed by atoms with E-state index in [-0.39, 0.29) is 17.6 Å². The second kappa shape index (κ2) is 9.94. The van der Waals surface area contributed by atoms with E-state index in [1.165, 1.54) is 12.6 Å². The fourth-order valence-corrected chi connectivity index (χ4v) is 3.60. The molecule has 1 aromatic heterocycles. The van der Waals surface area contributed by atoms with E-state index in [9.17, 15) is 9.59 Å². The maximum atomic E-state index is 13.5. The van der Waals surface area contributed by atoms with Gasteiger partial charge in [0.05, 0.1) is 24.9 Å². The zero-order chi connectivity index (χ0) is 24.2. The van der Waals surface area contributed by atoms with Gasteiger partial charge in [-0.25, -0.2) is 9.78 Å². The summed E-state index contributed by atoms with van der Waals surface area (Å²) in [6.07, 6.45) is 8.48. The van der Waals surface area contributed by atoms with Gasteiger partial charge in [-0.2, -0.15) is 0 Å². The second-order valence-electron chi connectivity index (χ2n) is 8.96. The van der Waals surface area contributed by atoms with Crippen LogP contribution in [0, 0.1) is 0 Å². The summed E-state index contributed by atoms with van der Waals surface area (Å²) in [5.41, 5.74) is 1.38. The number of ketones is 1. The zero-order valence-electron chi connectivity index (χ0n) is 19.9. The Morgan fingerprint density at radius 1 is 1.30 bits per heavy atom. The summed E-state index contributed by atoms with van der Waals surface area (Å²) < 4.78 is 16.1. The van der Waals surface area contributed by atoms with E-state index in [1.807, 2.05) is 19.2 Å². The molecule has 2 unspecified atom stereocenters. The van der Waals surface area contributed by atoms with Crippen molar-refractivity contribution in [1.29, 1.82) is 0 Å². The minimum Gasteiger partial charge on any atom is -0.497 e. The molecule has 0 spiro atoms. The first-order valence-electron chi connectivity index (χ1n) is 10.8. The van der Waals surface area contributed by atoms with Gasteiger partial charge in [0.25, 0.3) is 0 Å². The fourth-order valence-electron chi connectivity index (χ4n) is 3.60. The van der Waals surface area contributed by atoms with Gasteiger partial charge in [0.15, 0.2) is 12.2 Å². The third-order valence-corrected chi connectivity index (χ3v) is 5.42. The Kier molecular flexibility index (Phi) is 7.26. The van der Waals surface area contributed by atoms with E-state index in [0.717, 1.165) is 5.70 Å². The first kappa shape index (κ1) is 24.1. The maximum absolute atomic E-state index is 13.5. The van der Waals surface area contributed by atoms with Crippen LogP contribution in [0.5, 0.6) is 5.75 Å². The number of carbonyl (C=O) groups excluding carboxylic acids is 2. The number of Topliss-reactive ketones (excluding diaryl/α,β-unsaturated/α-hetero) is 1. The number of hydrogen-bond donors (Lipinski definition) is 1. The number of nitrogens with zero attached hydrogens (tertiary/aromatic N) is 2. The molecule has 3 rings (SSSR count). The summed E-state index contributed by atoms with van der Waals surface area (Å²) in [5.74, 6) is -0.175. The number of hydrogen-bond acceptors (Lipinski definition) is 7. The number of oxazole rings is 1. The Morgan fingerprint density at radius 3 is 2.70 bits per heavy atom. The molecule has 8 nitrogen and oxygen atoms in total. The van der Waals surface area contributed by atoms with E-state index in [2.05, 4.69) is 28.2 Å². The van der Waals surface area contributed by atoms with Gasteiger partial charge in [0.1, 0.15) is 11.4 Å². The SMILES string of the molecule is COc1ccc(C(CC2=CC=CC(C)N2C)C(=O)c2cnco2)c(NC(=O)OC(C)(C)C)c1. The number of anilines is 1. The topological polar surface area (TPSA) is 93.9 Å². The van der Waals surface area contributed by atoms with Crippen molar-refractivity contribution < 1.29 is 23.5 Å². The first-order chi connectivity index (χ1) is 15.6. The van der Waals surface area contributed by atoms with Gasteiger partial charge < -0.3 is 18.8 Å². The summed E-state index contributed by atoms with van der Waals surface area (Å²) in [6.45, 7) is 7.44. The van der Waals surface area contributed by atoms with E-state index in [0.29, 0.717) is 23.4 Å². The molecule has 2 aromatic rings. The number of amides is 1. The van der Waals surface area contributed by atoms with Crippen LogP contribution in [-0.2, 0) is 4.74 Å². The molecule has 33 heavy (non-hydrogen) atoms. The number of benzene rings is 1. The largest absolute Gasteiger partial charge is 0.497 e. The molecule has 0 fully saturated rings. The average Bonchev–Trinajstić information content (AvgIpc) is 3.28. The molecular formula is C25H31N3O5.